The van der Waals surface area contributed by atoms with Crippen LogP contribution in [0.2, 0.25) is 0 Å². The van der Waals surface area contributed by atoms with E-state index in [9.17, 15) is 4.79 Å². The summed E-state index contributed by atoms with van der Waals surface area (Å²) in [5.74, 6) is 0.378. The molecule has 2 aromatic carbocycles. The van der Waals surface area contributed by atoms with Crippen molar-refractivity contribution in [2.45, 2.75) is 0 Å². The lowest BCUT2D eigenvalue weighted by Crippen LogP contribution is -2.12. The second-order valence-electron chi connectivity index (χ2n) is 4.38. The highest BCUT2D eigenvalue weighted by molar-refractivity contribution is 5.96. The van der Waals surface area contributed by atoms with Crippen LogP contribution in [0.25, 0.3) is 0 Å². The normalized spacial score (nSPS) is 9.95. The van der Waals surface area contributed by atoms with Crippen molar-refractivity contribution in [3.63, 3.8) is 0 Å². The van der Waals surface area contributed by atoms with Crippen molar-refractivity contribution in [1.29, 1.82) is 0 Å². The van der Waals surface area contributed by atoms with Gasteiger partial charge in [0, 0.05) is 17.9 Å². The van der Waals surface area contributed by atoms with Crippen LogP contribution >= 0.6 is 0 Å². The number of ether oxygens (including phenoxy) is 2. The molecule has 5 heteroatoms. The summed E-state index contributed by atoms with van der Waals surface area (Å²) in [5.41, 5.74) is 7.29. The highest BCUT2D eigenvalue weighted by atomic mass is 16.5. The predicted octanol–water partition coefficient (Wildman–Crippen LogP) is 2.55. The lowest BCUT2D eigenvalue weighted by Gasteiger charge is -2.10. The molecule has 0 amide bonds. The zero-order valence-electron chi connectivity index (χ0n) is 11.8. The third-order valence-corrected chi connectivity index (χ3v) is 2.90. The molecule has 0 unspecified atom stereocenters. The number of anilines is 2. The maximum atomic E-state index is 11.5. The Kier molecular flexibility index (Phi) is 5.04. The molecule has 0 bridgehead atoms. The number of methoxy groups -OCH3 is 1. The highest BCUT2D eigenvalue weighted by Crippen LogP contribution is 2.18. The minimum absolute atomic E-state index is 0.353. The van der Waals surface area contributed by atoms with Gasteiger partial charge in [-0.3, -0.25) is 0 Å². The monoisotopic (exact) mass is 286 g/mol. The Morgan fingerprint density at radius 2 is 1.95 bits per heavy atom. The van der Waals surface area contributed by atoms with Gasteiger partial charge in [-0.2, -0.15) is 0 Å². The average molecular weight is 286 g/mol. The summed E-state index contributed by atoms with van der Waals surface area (Å²) in [6, 6.07) is 14.7. The average Bonchev–Trinajstić information content (AvgIpc) is 2.53. The Morgan fingerprint density at radius 3 is 2.67 bits per heavy atom. The minimum atomic E-state index is -0.448. The van der Waals surface area contributed by atoms with Crippen LogP contribution in [0.15, 0.2) is 48.5 Å². The first-order valence-electron chi connectivity index (χ1n) is 6.60. The number of carbonyl (C=O) groups is 1. The first-order valence-corrected chi connectivity index (χ1v) is 6.60. The second kappa shape index (κ2) is 7.19. The van der Waals surface area contributed by atoms with Crippen LogP contribution in [0.5, 0.6) is 5.75 Å². The van der Waals surface area contributed by atoms with Gasteiger partial charge < -0.3 is 20.5 Å². The quantitative estimate of drug-likeness (QED) is 0.485. The number of nitrogens with two attached hydrogens (primary N) is 1. The molecule has 0 saturated heterocycles. The number of nitrogens with one attached hydrogen (secondary N) is 1. The molecule has 0 saturated carbocycles. The fourth-order valence-electron chi connectivity index (χ4n) is 1.83. The largest absolute Gasteiger partial charge is 0.492 e. The van der Waals surface area contributed by atoms with Gasteiger partial charge in [-0.15, -0.1) is 0 Å². The van der Waals surface area contributed by atoms with E-state index in [0.717, 1.165) is 11.4 Å². The van der Waals surface area contributed by atoms with E-state index in [1.54, 1.807) is 12.1 Å². The van der Waals surface area contributed by atoms with Gasteiger partial charge in [0.15, 0.2) is 0 Å². The van der Waals surface area contributed by atoms with E-state index in [-0.39, 0.29) is 0 Å². The standard InChI is InChI=1S/C16H18N2O3/c1-20-16(19)14-11-12(7-8-15(14)17)18-9-10-21-13-5-3-2-4-6-13/h2-8,11,18H,9-10,17H2,1H3. The first-order chi connectivity index (χ1) is 10.2. The van der Waals surface area contributed by atoms with Gasteiger partial charge in [-0.25, -0.2) is 4.79 Å². The minimum Gasteiger partial charge on any atom is -0.492 e. The van der Waals surface area contributed by atoms with Crippen LogP contribution in [0.1, 0.15) is 10.4 Å². The summed E-state index contributed by atoms with van der Waals surface area (Å²) in [6.07, 6.45) is 0. The van der Waals surface area contributed by atoms with E-state index in [2.05, 4.69) is 10.1 Å². The maximum absolute atomic E-state index is 11.5. The highest BCUT2D eigenvalue weighted by Gasteiger charge is 2.10. The molecular weight excluding hydrogens is 268 g/mol. The molecule has 0 atom stereocenters. The van der Waals surface area contributed by atoms with Crippen molar-refractivity contribution in [2.75, 3.05) is 31.3 Å². The number of benzene rings is 2. The van der Waals surface area contributed by atoms with Crippen molar-refractivity contribution in [1.82, 2.24) is 0 Å². The number of para-hydroxylation sites is 1. The zero-order valence-corrected chi connectivity index (χ0v) is 11.8. The summed E-state index contributed by atoms with van der Waals surface area (Å²) in [4.78, 5) is 11.5. The smallest absolute Gasteiger partial charge is 0.340 e. The van der Waals surface area contributed by atoms with Crippen LogP contribution in [0.4, 0.5) is 11.4 Å². The lowest BCUT2D eigenvalue weighted by atomic mass is 10.1. The molecule has 0 fully saturated rings. The number of hydrogen-bond donors (Lipinski definition) is 2. The van der Waals surface area contributed by atoms with Gasteiger partial charge in [0.1, 0.15) is 12.4 Å². The van der Waals surface area contributed by atoms with Crippen LogP contribution in [0.3, 0.4) is 0 Å². The number of nitrogen functional groups attached to an aromatic ring is 1. The molecule has 0 radical (unpaired) electrons. The molecule has 0 aliphatic heterocycles. The Balaban J connectivity index is 1.87. The Bertz CT molecular complexity index is 600. The Morgan fingerprint density at radius 1 is 1.19 bits per heavy atom. The summed E-state index contributed by atoms with van der Waals surface area (Å²) in [7, 11) is 1.33. The molecule has 0 aliphatic rings. The molecular formula is C16H18N2O3. The predicted molar refractivity (Wildman–Crippen MR) is 82.6 cm³/mol. The van der Waals surface area contributed by atoms with Crippen molar-refractivity contribution >= 4 is 17.3 Å². The summed E-state index contributed by atoms with van der Waals surface area (Å²) in [5, 5.41) is 3.17. The molecule has 0 heterocycles. The number of hydrogen-bond acceptors (Lipinski definition) is 5. The molecule has 0 aliphatic carbocycles. The van der Waals surface area contributed by atoms with Crippen molar-refractivity contribution in [3.05, 3.63) is 54.1 Å². The van der Waals surface area contributed by atoms with E-state index >= 15 is 0 Å². The number of esters is 1. The molecule has 0 spiro atoms. The SMILES string of the molecule is COC(=O)c1cc(NCCOc2ccccc2)ccc1N. The van der Waals surface area contributed by atoms with Crippen LogP contribution in [-0.2, 0) is 4.74 Å². The van der Waals surface area contributed by atoms with E-state index < -0.39 is 5.97 Å². The van der Waals surface area contributed by atoms with Gasteiger partial charge in [0.2, 0.25) is 0 Å². The fraction of sp³-hybridized carbons (Fsp3) is 0.188. The van der Waals surface area contributed by atoms with Gasteiger partial charge in [0.05, 0.1) is 12.7 Å². The molecule has 2 rings (SSSR count). The molecule has 5 nitrogen and oxygen atoms in total. The fourth-order valence-corrected chi connectivity index (χ4v) is 1.83. The summed E-state index contributed by atoms with van der Waals surface area (Å²) in [6.45, 7) is 1.13. The summed E-state index contributed by atoms with van der Waals surface area (Å²) < 4.78 is 10.3. The molecule has 3 N–H and O–H groups in total. The van der Waals surface area contributed by atoms with Crippen LogP contribution in [-0.4, -0.2) is 26.2 Å². The Labute approximate surface area is 123 Å². The second-order valence-corrected chi connectivity index (χ2v) is 4.38. The number of rotatable bonds is 6. The summed E-state index contributed by atoms with van der Waals surface area (Å²) >= 11 is 0. The third-order valence-electron chi connectivity index (χ3n) is 2.90. The van der Waals surface area contributed by atoms with Crippen LogP contribution in [0, 0.1) is 0 Å². The van der Waals surface area contributed by atoms with E-state index in [4.69, 9.17) is 10.5 Å². The molecule has 0 aromatic heterocycles. The van der Waals surface area contributed by atoms with E-state index in [1.165, 1.54) is 7.11 Å². The molecule has 2 aromatic rings. The third kappa shape index (κ3) is 4.14. The van der Waals surface area contributed by atoms with Crippen molar-refractivity contribution in [3.8, 4) is 5.75 Å². The van der Waals surface area contributed by atoms with E-state index in [1.807, 2.05) is 36.4 Å². The van der Waals surface area contributed by atoms with Gasteiger partial charge in [-0.05, 0) is 30.3 Å². The lowest BCUT2D eigenvalue weighted by molar-refractivity contribution is 0.0602. The zero-order chi connectivity index (χ0) is 15.1. The van der Waals surface area contributed by atoms with Gasteiger partial charge in [-0.1, -0.05) is 18.2 Å². The van der Waals surface area contributed by atoms with Crippen LogP contribution < -0.4 is 15.8 Å². The maximum Gasteiger partial charge on any atom is 0.340 e. The van der Waals surface area contributed by atoms with Gasteiger partial charge >= 0.3 is 5.97 Å². The first kappa shape index (κ1) is 14.7. The number of carbonyl (C=O) groups excluding carboxylic acids is 1. The van der Waals surface area contributed by atoms with Crippen molar-refractivity contribution in [2.24, 2.45) is 0 Å². The van der Waals surface area contributed by atoms with Crippen molar-refractivity contribution < 1.29 is 14.3 Å². The van der Waals surface area contributed by atoms with E-state index in [0.29, 0.717) is 24.4 Å². The molecule has 21 heavy (non-hydrogen) atoms. The van der Waals surface area contributed by atoms with Gasteiger partial charge in [0.25, 0.3) is 0 Å². The topological polar surface area (TPSA) is 73.6 Å². The molecule has 110 valence electrons. The Hall–Kier alpha value is -2.69.